The summed E-state index contributed by atoms with van der Waals surface area (Å²) in [5, 5.41) is 17.8. The molecular formula is C21H27N5O3S. The molecule has 5 heterocycles. The lowest BCUT2D eigenvalue weighted by Crippen LogP contribution is -2.44. The first-order valence-electron chi connectivity index (χ1n) is 10.5. The fraction of sp³-hybridized carbons (Fsp3) is 0.571. The minimum atomic E-state index is -0.336. The maximum Gasteiger partial charge on any atom is 0.130 e. The van der Waals surface area contributed by atoms with Crippen molar-refractivity contribution >= 4 is 27.6 Å². The van der Waals surface area contributed by atoms with Gasteiger partial charge in [0.05, 0.1) is 42.0 Å². The van der Waals surface area contributed by atoms with E-state index in [1.807, 2.05) is 13.0 Å². The Bertz CT molecular complexity index is 1040. The quantitative estimate of drug-likeness (QED) is 0.658. The number of H-pyrrole nitrogens is 1. The highest BCUT2D eigenvalue weighted by molar-refractivity contribution is 7.13. The Morgan fingerprint density at radius 3 is 2.80 bits per heavy atom. The number of aliphatic hydroxyl groups excluding tert-OH is 1. The van der Waals surface area contributed by atoms with Crippen LogP contribution in [0.5, 0.6) is 0 Å². The van der Waals surface area contributed by atoms with Gasteiger partial charge in [-0.2, -0.15) is 9.47 Å². The van der Waals surface area contributed by atoms with Gasteiger partial charge in [0.2, 0.25) is 0 Å². The number of hydrogen-bond acceptors (Lipinski definition) is 8. The lowest BCUT2D eigenvalue weighted by atomic mass is 9.75. The molecule has 8 nitrogen and oxygen atoms in total. The number of fused-ring (bicyclic) bond motifs is 1. The molecule has 0 aliphatic carbocycles. The van der Waals surface area contributed by atoms with E-state index >= 15 is 0 Å². The molecule has 0 amide bonds. The number of nitrogens with one attached hydrogen (secondary N) is 1. The second-order valence-electron chi connectivity index (χ2n) is 8.33. The molecule has 9 heteroatoms. The van der Waals surface area contributed by atoms with Crippen molar-refractivity contribution in [3.05, 3.63) is 23.4 Å². The first-order chi connectivity index (χ1) is 14.6. The molecule has 30 heavy (non-hydrogen) atoms. The number of rotatable bonds is 4. The average molecular weight is 430 g/mol. The van der Waals surface area contributed by atoms with Crippen LogP contribution >= 0.6 is 11.5 Å². The summed E-state index contributed by atoms with van der Waals surface area (Å²) < 4.78 is 17.1. The van der Waals surface area contributed by atoms with Crippen LogP contribution in [0, 0.1) is 6.92 Å². The standard InChI is InChI=1S/C21H27N5O3S/c1-13-9-16(24-23-13)18-19-20(30-25-18)15(21(12-27)3-6-28-7-4-21)10-17(22-19)26-5-8-29-11-14(26)2/h9-10,14,27H,3-8,11-12H2,1-2H3,(H,23,24)/t14-/m1/s1. The second-order valence-corrected chi connectivity index (χ2v) is 9.10. The first-order valence-corrected chi connectivity index (χ1v) is 11.2. The van der Waals surface area contributed by atoms with Crippen LogP contribution in [-0.2, 0) is 14.9 Å². The molecule has 2 aliphatic rings. The van der Waals surface area contributed by atoms with E-state index in [4.69, 9.17) is 18.8 Å². The molecule has 0 spiro atoms. The van der Waals surface area contributed by atoms with Gasteiger partial charge >= 0.3 is 0 Å². The molecule has 0 bridgehead atoms. The van der Waals surface area contributed by atoms with Crippen molar-refractivity contribution in [2.24, 2.45) is 0 Å². The Morgan fingerprint density at radius 1 is 1.27 bits per heavy atom. The molecule has 0 saturated carbocycles. The normalized spacial score (nSPS) is 22.0. The molecule has 2 saturated heterocycles. The maximum absolute atomic E-state index is 10.5. The highest BCUT2D eigenvalue weighted by Crippen LogP contribution is 2.43. The topological polar surface area (TPSA) is 96.4 Å². The summed E-state index contributed by atoms with van der Waals surface area (Å²) in [6.07, 6.45) is 1.58. The number of aliphatic hydroxyl groups is 1. The minimum Gasteiger partial charge on any atom is -0.395 e. The van der Waals surface area contributed by atoms with Crippen molar-refractivity contribution in [1.29, 1.82) is 0 Å². The van der Waals surface area contributed by atoms with Crippen LogP contribution in [-0.4, -0.2) is 70.3 Å². The number of pyridine rings is 1. The molecule has 2 fully saturated rings. The van der Waals surface area contributed by atoms with E-state index in [1.165, 1.54) is 11.5 Å². The van der Waals surface area contributed by atoms with Gasteiger partial charge in [0.1, 0.15) is 17.0 Å². The fourth-order valence-corrected chi connectivity index (χ4v) is 5.48. The number of aryl methyl sites for hydroxylation is 1. The van der Waals surface area contributed by atoms with Crippen LogP contribution in [0.1, 0.15) is 31.0 Å². The molecule has 1 atom stereocenters. The lowest BCUT2D eigenvalue weighted by Gasteiger charge is -2.38. The Kier molecular flexibility index (Phi) is 5.22. The van der Waals surface area contributed by atoms with Gasteiger partial charge in [-0.1, -0.05) is 0 Å². The zero-order valence-electron chi connectivity index (χ0n) is 17.3. The number of aromatic nitrogens is 4. The lowest BCUT2D eigenvalue weighted by molar-refractivity contribution is 0.0259. The number of hydrogen-bond donors (Lipinski definition) is 2. The Morgan fingerprint density at radius 2 is 2.10 bits per heavy atom. The summed E-state index contributed by atoms with van der Waals surface area (Å²) in [6, 6.07) is 4.41. The molecule has 0 unspecified atom stereocenters. The van der Waals surface area contributed by atoms with Crippen molar-refractivity contribution in [3.63, 3.8) is 0 Å². The average Bonchev–Trinajstić information content (AvgIpc) is 3.39. The van der Waals surface area contributed by atoms with Crippen molar-refractivity contribution in [1.82, 2.24) is 19.6 Å². The molecule has 3 aromatic rings. The summed E-state index contributed by atoms with van der Waals surface area (Å²) in [6.45, 7) is 7.67. The number of ether oxygens (including phenoxy) is 2. The highest BCUT2D eigenvalue weighted by Gasteiger charge is 2.37. The summed E-state index contributed by atoms with van der Waals surface area (Å²) in [5.41, 5.74) is 4.27. The fourth-order valence-electron chi connectivity index (χ4n) is 4.51. The van der Waals surface area contributed by atoms with Gasteiger partial charge in [0.25, 0.3) is 0 Å². The summed E-state index contributed by atoms with van der Waals surface area (Å²) >= 11 is 1.45. The predicted octanol–water partition coefficient (Wildman–Crippen LogP) is 2.66. The van der Waals surface area contributed by atoms with E-state index in [9.17, 15) is 5.11 Å². The van der Waals surface area contributed by atoms with Crippen molar-refractivity contribution in [3.8, 4) is 11.4 Å². The SMILES string of the molecule is Cc1cc(-c2nsc3c(C4(CO)CCOCC4)cc(N4CCOC[C@H]4C)nc23)[nH]n1. The van der Waals surface area contributed by atoms with Crippen molar-refractivity contribution < 1.29 is 14.6 Å². The Balaban J connectivity index is 1.72. The van der Waals surface area contributed by atoms with Crippen LogP contribution in [0.3, 0.4) is 0 Å². The zero-order valence-corrected chi connectivity index (χ0v) is 18.2. The minimum absolute atomic E-state index is 0.0873. The van der Waals surface area contributed by atoms with Gasteiger partial charge < -0.3 is 19.5 Å². The van der Waals surface area contributed by atoms with E-state index in [0.717, 1.165) is 58.1 Å². The smallest absolute Gasteiger partial charge is 0.130 e. The third-order valence-electron chi connectivity index (χ3n) is 6.36. The summed E-state index contributed by atoms with van der Waals surface area (Å²) in [4.78, 5) is 7.38. The highest BCUT2D eigenvalue weighted by atomic mass is 32.1. The third-order valence-corrected chi connectivity index (χ3v) is 7.23. The molecule has 2 aliphatic heterocycles. The summed E-state index contributed by atoms with van der Waals surface area (Å²) in [7, 11) is 0. The number of anilines is 1. The first kappa shape index (κ1) is 19.9. The van der Waals surface area contributed by atoms with Crippen LogP contribution < -0.4 is 4.90 Å². The van der Waals surface area contributed by atoms with E-state index in [2.05, 4.69) is 28.1 Å². The van der Waals surface area contributed by atoms with E-state index in [-0.39, 0.29) is 18.1 Å². The zero-order chi connectivity index (χ0) is 20.7. The van der Waals surface area contributed by atoms with Crippen molar-refractivity contribution in [2.45, 2.75) is 38.1 Å². The van der Waals surface area contributed by atoms with E-state index in [0.29, 0.717) is 26.4 Å². The van der Waals surface area contributed by atoms with Gasteiger partial charge in [0, 0.05) is 25.2 Å². The van der Waals surface area contributed by atoms with Crippen LogP contribution in [0.4, 0.5) is 5.82 Å². The van der Waals surface area contributed by atoms with Gasteiger partial charge in [0.15, 0.2) is 0 Å². The molecular weight excluding hydrogens is 402 g/mol. The third kappa shape index (κ3) is 3.30. The number of aromatic amines is 1. The maximum atomic E-state index is 10.5. The van der Waals surface area contributed by atoms with Crippen LogP contribution in [0.15, 0.2) is 12.1 Å². The molecule has 0 aromatic carbocycles. The van der Waals surface area contributed by atoms with Gasteiger partial charge in [-0.3, -0.25) is 5.10 Å². The molecule has 2 N–H and O–H groups in total. The van der Waals surface area contributed by atoms with Gasteiger partial charge in [-0.15, -0.1) is 0 Å². The summed E-state index contributed by atoms with van der Waals surface area (Å²) in [5.74, 6) is 0.922. The molecule has 160 valence electrons. The van der Waals surface area contributed by atoms with E-state index < -0.39 is 0 Å². The Hall–Kier alpha value is -2.07. The predicted molar refractivity (Wildman–Crippen MR) is 116 cm³/mol. The second kappa shape index (κ2) is 7.88. The number of nitrogens with zero attached hydrogens (tertiary/aromatic N) is 4. The molecule has 0 radical (unpaired) electrons. The molecule has 3 aromatic heterocycles. The molecule has 5 rings (SSSR count). The van der Waals surface area contributed by atoms with Gasteiger partial charge in [-0.05, 0) is 55.9 Å². The van der Waals surface area contributed by atoms with Crippen molar-refractivity contribution in [2.75, 3.05) is 44.5 Å². The number of morpholine rings is 1. The van der Waals surface area contributed by atoms with Crippen LogP contribution in [0.2, 0.25) is 0 Å². The Labute approximate surface area is 179 Å². The largest absolute Gasteiger partial charge is 0.395 e. The van der Waals surface area contributed by atoms with Gasteiger partial charge in [-0.25, -0.2) is 4.98 Å². The van der Waals surface area contributed by atoms with E-state index in [1.54, 1.807) is 0 Å². The monoisotopic (exact) mass is 429 g/mol. The van der Waals surface area contributed by atoms with Crippen LogP contribution in [0.25, 0.3) is 21.6 Å².